The molecule has 2 rings (SSSR count). The number of rotatable bonds is 3. The van der Waals surface area contributed by atoms with Gasteiger partial charge in [-0.2, -0.15) is 5.10 Å². The van der Waals surface area contributed by atoms with Gasteiger partial charge in [-0.1, -0.05) is 23.7 Å². The first-order chi connectivity index (χ1) is 8.49. The summed E-state index contributed by atoms with van der Waals surface area (Å²) >= 11 is 5.81. The van der Waals surface area contributed by atoms with E-state index in [-0.39, 0.29) is 5.56 Å². The zero-order valence-corrected chi connectivity index (χ0v) is 10.9. The lowest BCUT2D eigenvalue weighted by atomic mass is 10.1. The maximum atomic E-state index is 11.2. The predicted molar refractivity (Wildman–Crippen MR) is 69.2 cm³/mol. The molecule has 0 aliphatic rings. The van der Waals surface area contributed by atoms with Crippen molar-refractivity contribution < 1.29 is 9.90 Å². The summed E-state index contributed by atoms with van der Waals surface area (Å²) in [6.07, 6.45) is 0.487. The molecule has 1 heterocycles. The van der Waals surface area contributed by atoms with Crippen molar-refractivity contribution in [3.8, 4) is 0 Å². The van der Waals surface area contributed by atoms with Gasteiger partial charge in [-0.3, -0.25) is 4.68 Å². The van der Waals surface area contributed by atoms with Crippen molar-refractivity contribution in [1.82, 2.24) is 9.78 Å². The molecule has 0 unspecified atom stereocenters. The van der Waals surface area contributed by atoms with E-state index in [1.54, 1.807) is 30.8 Å². The molecule has 4 nitrogen and oxygen atoms in total. The van der Waals surface area contributed by atoms with E-state index in [4.69, 9.17) is 11.6 Å². The van der Waals surface area contributed by atoms with Gasteiger partial charge in [-0.25, -0.2) is 4.79 Å². The Balaban J connectivity index is 2.37. The van der Waals surface area contributed by atoms with Gasteiger partial charge >= 0.3 is 5.97 Å². The number of carboxylic acid groups (broad SMARTS) is 1. The highest BCUT2D eigenvalue weighted by molar-refractivity contribution is 6.30. The summed E-state index contributed by atoms with van der Waals surface area (Å²) in [5, 5.41) is 14.1. The Hall–Kier alpha value is -1.81. The fourth-order valence-electron chi connectivity index (χ4n) is 1.87. The molecule has 0 saturated carbocycles. The molecule has 1 aromatic carbocycles. The van der Waals surface area contributed by atoms with Crippen LogP contribution in [-0.2, 0) is 13.5 Å². The van der Waals surface area contributed by atoms with Crippen LogP contribution in [0.4, 0.5) is 0 Å². The van der Waals surface area contributed by atoms with E-state index in [0.29, 0.717) is 22.8 Å². The number of carbonyl (C=O) groups is 1. The summed E-state index contributed by atoms with van der Waals surface area (Å²) in [6.45, 7) is 1.75. The predicted octanol–water partition coefficient (Wildman–Crippen LogP) is 2.67. The SMILES string of the molecule is Cc1c(C(=O)O)c(Cc2ccc(Cl)cc2)nn1C. The molecule has 0 radical (unpaired) electrons. The summed E-state index contributed by atoms with van der Waals surface area (Å²) in [6, 6.07) is 7.32. The number of aryl methyl sites for hydroxylation is 1. The van der Waals surface area contributed by atoms with Crippen molar-refractivity contribution in [3.63, 3.8) is 0 Å². The molecule has 0 bridgehead atoms. The standard InChI is InChI=1S/C13H13ClN2O2/c1-8-12(13(17)18)11(15-16(8)2)7-9-3-5-10(14)6-4-9/h3-6H,7H2,1-2H3,(H,17,18). The van der Waals surface area contributed by atoms with E-state index in [1.165, 1.54) is 0 Å². The number of nitrogens with zero attached hydrogens (tertiary/aromatic N) is 2. The Morgan fingerprint density at radius 1 is 1.39 bits per heavy atom. The van der Waals surface area contributed by atoms with Crippen molar-refractivity contribution in [2.45, 2.75) is 13.3 Å². The number of halogens is 1. The van der Waals surface area contributed by atoms with Gasteiger partial charge in [0.1, 0.15) is 5.56 Å². The number of carboxylic acids is 1. The van der Waals surface area contributed by atoms with Crippen LogP contribution in [0, 0.1) is 6.92 Å². The maximum Gasteiger partial charge on any atom is 0.339 e. The first-order valence-electron chi connectivity index (χ1n) is 5.49. The van der Waals surface area contributed by atoms with Crippen LogP contribution in [0.25, 0.3) is 0 Å². The van der Waals surface area contributed by atoms with Gasteiger partial charge in [-0.15, -0.1) is 0 Å². The molecule has 18 heavy (non-hydrogen) atoms. The minimum Gasteiger partial charge on any atom is -0.478 e. The van der Waals surface area contributed by atoms with E-state index >= 15 is 0 Å². The lowest BCUT2D eigenvalue weighted by Crippen LogP contribution is -2.03. The van der Waals surface area contributed by atoms with Crippen LogP contribution < -0.4 is 0 Å². The maximum absolute atomic E-state index is 11.2. The second kappa shape index (κ2) is 4.82. The van der Waals surface area contributed by atoms with Crippen molar-refractivity contribution in [2.75, 3.05) is 0 Å². The van der Waals surface area contributed by atoms with Gasteiger partial charge in [0.2, 0.25) is 0 Å². The third-order valence-electron chi connectivity index (χ3n) is 2.91. The Kier molecular flexibility index (Phi) is 3.39. The Morgan fingerprint density at radius 3 is 2.56 bits per heavy atom. The molecule has 0 spiro atoms. The molecule has 0 amide bonds. The molecule has 0 fully saturated rings. The van der Waals surface area contributed by atoms with Gasteiger partial charge in [0.05, 0.1) is 5.69 Å². The van der Waals surface area contributed by atoms with Crippen LogP contribution in [0.3, 0.4) is 0 Å². The van der Waals surface area contributed by atoms with Crippen molar-refractivity contribution in [1.29, 1.82) is 0 Å². The van der Waals surface area contributed by atoms with Gasteiger partial charge in [0, 0.05) is 24.2 Å². The van der Waals surface area contributed by atoms with E-state index in [9.17, 15) is 9.90 Å². The first kappa shape index (κ1) is 12.6. The van der Waals surface area contributed by atoms with Crippen LogP contribution in [0.1, 0.15) is 27.3 Å². The number of hydrogen-bond acceptors (Lipinski definition) is 2. The highest BCUT2D eigenvalue weighted by atomic mass is 35.5. The summed E-state index contributed by atoms with van der Waals surface area (Å²) in [7, 11) is 1.74. The van der Waals surface area contributed by atoms with E-state index < -0.39 is 5.97 Å². The minimum absolute atomic E-state index is 0.285. The van der Waals surface area contributed by atoms with Crippen LogP contribution >= 0.6 is 11.6 Å². The molecule has 94 valence electrons. The molecule has 0 atom stereocenters. The lowest BCUT2D eigenvalue weighted by molar-refractivity contribution is 0.0695. The molecular formula is C13H13ClN2O2. The minimum atomic E-state index is -0.940. The zero-order chi connectivity index (χ0) is 13.3. The topological polar surface area (TPSA) is 55.1 Å². The van der Waals surface area contributed by atoms with E-state index in [1.807, 2.05) is 12.1 Å². The zero-order valence-electron chi connectivity index (χ0n) is 10.1. The normalized spacial score (nSPS) is 10.6. The third kappa shape index (κ3) is 2.38. The highest BCUT2D eigenvalue weighted by Gasteiger charge is 2.19. The average molecular weight is 265 g/mol. The Morgan fingerprint density at radius 2 is 2.00 bits per heavy atom. The average Bonchev–Trinajstić information content (AvgIpc) is 2.58. The first-order valence-corrected chi connectivity index (χ1v) is 5.87. The molecule has 0 aliphatic carbocycles. The highest BCUT2D eigenvalue weighted by Crippen LogP contribution is 2.18. The summed E-state index contributed by atoms with van der Waals surface area (Å²) in [5.74, 6) is -0.940. The fraction of sp³-hybridized carbons (Fsp3) is 0.231. The van der Waals surface area contributed by atoms with Gasteiger partial charge in [0.25, 0.3) is 0 Å². The van der Waals surface area contributed by atoms with Crippen LogP contribution in [-0.4, -0.2) is 20.9 Å². The largest absolute Gasteiger partial charge is 0.478 e. The van der Waals surface area contributed by atoms with Crippen LogP contribution in [0.2, 0.25) is 5.02 Å². The molecular weight excluding hydrogens is 252 g/mol. The number of benzene rings is 1. The molecule has 5 heteroatoms. The summed E-state index contributed by atoms with van der Waals surface area (Å²) < 4.78 is 1.59. The van der Waals surface area contributed by atoms with Gasteiger partial charge in [-0.05, 0) is 24.6 Å². The van der Waals surface area contributed by atoms with Crippen molar-refractivity contribution in [3.05, 3.63) is 51.8 Å². The van der Waals surface area contributed by atoms with Gasteiger partial charge < -0.3 is 5.11 Å². The van der Waals surface area contributed by atoms with Crippen molar-refractivity contribution >= 4 is 17.6 Å². The molecule has 1 aromatic heterocycles. The second-order valence-electron chi connectivity index (χ2n) is 4.14. The second-order valence-corrected chi connectivity index (χ2v) is 4.58. The number of aromatic carboxylic acids is 1. The molecule has 0 saturated heterocycles. The molecule has 0 aliphatic heterocycles. The van der Waals surface area contributed by atoms with Gasteiger partial charge in [0.15, 0.2) is 0 Å². The number of aromatic nitrogens is 2. The van der Waals surface area contributed by atoms with E-state index in [2.05, 4.69) is 5.10 Å². The monoisotopic (exact) mass is 264 g/mol. The quantitative estimate of drug-likeness (QED) is 0.927. The summed E-state index contributed by atoms with van der Waals surface area (Å²) in [4.78, 5) is 11.2. The van der Waals surface area contributed by atoms with E-state index in [0.717, 1.165) is 5.56 Å². The van der Waals surface area contributed by atoms with Crippen molar-refractivity contribution in [2.24, 2.45) is 7.05 Å². The van der Waals surface area contributed by atoms with Crippen LogP contribution in [0.15, 0.2) is 24.3 Å². The number of hydrogen-bond donors (Lipinski definition) is 1. The lowest BCUT2D eigenvalue weighted by Gasteiger charge is -2.00. The smallest absolute Gasteiger partial charge is 0.339 e. The molecule has 1 N–H and O–H groups in total. The van der Waals surface area contributed by atoms with Crippen LogP contribution in [0.5, 0.6) is 0 Å². The third-order valence-corrected chi connectivity index (χ3v) is 3.16. The molecule has 2 aromatic rings. The Bertz CT molecular complexity index is 588. The summed E-state index contributed by atoms with van der Waals surface area (Å²) in [5.41, 5.74) is 2.50. The fourth-order valence-corrected chi connectivity index (χ4v) is 2.00. The Labute approximate surface area is 110 Å².